The third kappa shape index (κ3) is 1.19. The molecule has 0 amide bonds. The second kappa shape index (κ2) is 3.00. The van der Waals surface area contributed by atoms with Crippen molar-refractivity contribution in [2.75, 3.05) is 0 Å². The molecule has 12 heavy (non-hydrogen) atoms. The van der Waals surface area contributed by atoms with Gasteiger partial charge in [-0.1, -0.05) is 0 Å². The van der Waals surface area contributed by atoms with Crippen LogP contribution in [0.15, 0.2) is 14.4 Å². The van der Waals surface area contributed by atoms with E-state index in [1.54, 1.807) is 0 Å². The van der Waals surface area contributed by atoms with Crippen molar-refractivity contribution in [2.24, 2.45) is 14.1 Å². The van der Waals surface area contributed by atoms with Crippen molar-refractivity contribution in [2.45, 2.75) is 0 Å². The molecule has 0 atom stereocenters. The Morgan fingerprint density at radius 3 is 1.58 bits per heavy atom. The van der Waals surface area contributed by atoms with Crippen molar-refractivity contribution in [3.63, 3.8) is 0 Å². The number of hydrogen-bond acceptors (Lipinski definition) is 3. The Kier molecular flexibility index (Phi) is 2.35. The van der Waals surface area contributed by atoms with E-state index in [1.165, 1.54) is 14.1 Å². The first-order valence-corrected chi connectivity index (χ1v) is 5.11. The fraction of sp³-hybridized carbons (Fsp3) is 0.400. The molecule has 0 unspecified atom stereocenters. The molecule has 1 rings (SSSR count). The van der Waals surface area contributed by atoms with Gasteiger partial charge >= 0.3 is 83.1 Å². The van der Waals surface area contributed by atoms with Gasteiger partial charge in [0, 0.05) is 0 Å². The molecule has 0 saturated heterocycles. The predicted molar refractivity (Wildman–Crippen MR) is 42.3 cm³/mol. The molecule has 0 N–H and O–H groups in total. The topological polar surface area (TPSA) is 66.0 Å². The molecule has 62 valence electrons. The van der Waals surface area contributed by atoms with Gasteiger partial charge in [0.2, 0.25) is 0 Å². The average molecular weight is 361 g/mol. The first-order valence-electron chi connectivity index (χ1n) is 3.11. The summed E-state index contributed by atoms with van der Waals surface area (Å²) in [4.78, 5) is 33.3. The van der Waals surface area contributed by atoms with Crippen LogP contribution in [0, 0.1) is 0 Å². The van der Waals surface area contributed by atoms with Crippen LogP contribution in [0.25, 0.3) is 0 Å². The first-order chi connectivity index (χ1) is 5.46. The van der Waals surface area contributed by atoms with E-state index in [-0.39, 0.29) is 26.1 Å². The zero-order chi connectivity index (χ0) is 9.46. The Bertz CT molecular complexity index is 378. The summed E-state index contributed by atoms with van der Waals surface area (Å²) in [7, 11) is 2.70. The number of nitrogens with zero attached hydrogens (tertiary/aromatic N) is 3. The molecule has 0 saturated carbocycles. The fourth-order valence-electron chi connectivity index (χ4n) is 0.794. The van der Waals surface area contributed by atoms with Crippen LogP contribution in [0.5, 0.6) is 0 Å². The second-order valence-electron chi connectivity index (χ2n) is 2.34. The molecule has 0 spiro atoms. The van der Waals surface area contributed by atoms with Gasteiger partial charge in [-0.15, -0.1) is 0 Å². The third-order valence-electron chi connectivity index (χ3n) is 1.56. The molecule has 0 aliphatic carbocycles. The van der Waals surface area contributed by atoms with Gasteiger partial charge in [-0.05, 0) is 0 Å². The van der Waals surface area contributed by atoms with Crippen molar-refractivity contribution in [3.8, 4) is 0 Å². The van der Waals surface area contributed by atoms with Gasteiger partial charge in [0.25, 0.3) is 0 Å². The number of hydrogen-bond donors (Lipinski definition) is 0. The molecule has 0 aliphatic rings. The van der Waals surface area contributed by atoms with E-state index in [4.69, 9.17) is 0 Å². The summed E-state index contributed by atoms with van der Waals surface area (Å²) in [5, 5.41) is 0. The van der Waals surface area contributed by atoms with Crippen molar-refractivity contribution in [3.05, 3.63) is 31.5 Å². The summed E-state index contributed by atoms with van der Waals surface area (Å²) in [5.41, 5.74) is -1.65. The van der Waals surface area contributed by atoms with E-state index in [0.717, 1.165) is 11.5 Å². The molecule has 0 aliphatic heterocycles. The Balaban J connectivity index is 4.00. The molecule has 0 fully saturated rings. The van der Waals surface area contributed by atoms with E-state index in [9.17, 15) is 14.4 Å². The van der Waals surface area contributed by atoms with Gasteiger partial charge in [-0.25, -0.2) is 0 Å². The molecule has 0 bridgehead atoms. The van der Waals surface area contributed by atoms with E-state index in [0.29, 0.717) is 0 Å². The summed E-state index contributed by atoms with van der Waals surface area (Å²) in [6.07, 6.45) is 0. The van der Waals surface area contributed by atoms with Crippen molar-refractivity contribution in [1.29, 1.82) is 0 Å². The van der Waals surface area contributed by atoms with Gasteiger partial charge in [0.05, 0.1) is 0 Å². The molecular weight excluding hydrogens is 354 g/mol. The van der Waals surface area contributed by atoms with E-state index >= 15 is 0 Å². The quantitative estimate of drug-likeness (QED) is 0.469. The van der Waals surface area contributed by atoms with Gasteiger partial charge in [0.1, 0.15) is 0 Å². The van der Waals surface area contributed by atoms with E-state index in [1.807, 2.05) is 0 Å². The van der Waals surface area contributed by atoms with Gasteiger partial charge in [0.15, 0.2) is 0 Å². The summed E-state index contributed by atoms with van der Waals surface area (Å²) in [6.45, 7) is 0. The van der Waals surface area contributed by atoms with Crippen LogP contribution in [0.1, 0.15) is 0 Å². The molecule has 0 radical (unpaired) electrons. The minimum atomic E-state index is -0.582. The van der Waals surface area contributed by atoms with Crippen LogP contribution < -0.4 is 17.1 Å². The second-order valence-corrected chi connectivity index (χ2v) is 4.34. The molecule has 1 heterocycles. The molecule has 6 nitrogen and oxygen atoms in total. The number of rotatable bonds is 0. The minimum absolute atomic E-state index is 0.0769. The Hall–Kier alpha value is -0.668. The van der Waals surface area contributed by atoms with Gasteiger partial charge < -0.3 is 0 Å². The zero-order valence-corrected chi connectivity index (χ0v) is 11.1. The van der Waals surface area contributed by atoms with Crippen LogP contribution in [0.4, 0.5) is 0 Å². The molecule has 1 aromatic rings. The van der Waals surface area contributed by atoms with Crippen LogP contribution in [-0.2, 0) is 14.1 Å². The summed E-state index contributed by atoms with van der Waals surface area (Å²) in [5.74, 6) is 0. The SMILES string of the molecule is Cn1c(=O)n(C)c(=O)[n]([Tl])c1=O. The van der Waals surface area contributed by atoms with Crippen molar-refractivity contribution in [1.82, 2.24) is 11.5 Å². The predicted octanol–water partition coefficient (Wildman–Crippen LogP) is -2.82. The van der Waals surface area contributed by atoms with E-state index in [2.05, 4.69) is 0 Å². The first kappa shape index (κ1) is 9.42. The standard InChI is InChI=1S/C5H7N3O3.Tl/c1-7-3(9)6-4(10)8(2)5(7)11;/h1-2H3,(H,6,9,10);/q;+1/p-1. The average Bonchev–Trinajstić information content (AvgIpc) is 2.08. The van der Waals surface area contributed by atoms with Crippen molar-refractivity contribution < 1.29 is 0 Å². The Morgan fingerprint density at radius 1 is 0.917 bits per heavy atom. The Morgan fingerprint density at radius 2 is 1.25 bits per heavy atom. The van der Waals surface area contributed by atoms with Crippen LogP contribution in [0.2, 0.25) is 0 Å². The van der Waals surface area contributed by atoms with Gasteiger partial charge in [-0.2, -0.15) is 0 Å². The normalized spacial score (nSPS) is 10.1. The summed E-state index contributed by atoms with van der Waals surface area (Å²) >= 11 is 0.0769. The molecule has 1 aromatic heterocycles. The van der Waals surface area contributed by atoms with Crippen molar-refractivity contribution >= 4 is 26.1 Å². The third-order valence-corrected chi connectivity index (χ3v) is 3.28. The zero-order valence-electron chi connectivity index (χ0n) is 6.64. The molecular formula is C5H6N3O3Tl. The van der Waals surface area contributed by atoms with Crippen LogP contribution >= 0.6 is 0 Å². The molecule has 0 aromatic carbocycles. The summed E-state index contributed by atoms with van der Waals surface area (Å²) in [6, 6.07) is 0. The fourth-order valence-corrected chi connectivity index (χ4v) is 2.14. The van der Waals surface area contributed by atoms with Gasteiger partial charge in [-0.3, -0.25) is 0 Å². The molecule has 7 heteroatoms. The summed E-state index contributed by atoms with van der Waals surface area (Å²) < 4.78 is 2.88. The maximum atomic E-state index is 11.1. The van der Waals surface area contributed by atoms with Crippen LogP contribution in [-0.4, -0.2) is 37.6 Å². The Labute approximate surface area is 83.2 Å². The maximum absolute atomic E-state index is 11.1. The van der Waals surface area contributed by atoms with Crippen LogP contribution in [0.3, 0.4) is 0 Å². The van der Waals surface area contributed by atoms with E-state index < -0.39 is 17.1 Å². The monoisotopic (exact) mass is 361 g/mol. The number of aromatic nitrogens is 3.